The molecule has 2 N–H and O–H groups in total. The first-order valence-electron chi connectivity index (χ1n) is 5.27. The highest BCUT2D eigenvalue weighted by Gasteiger charge is 2.08. The summed E-state index contributed by atoms with van der Waals surface area (Å²) < 4.78 is 6.40. The molecule has 0 atom stereocenters. The van der Waals surface area contributed by atoms with Crippen molar-refractivity contribution in [3.05, 3.63) is 40.2 Å². The van der Waals surface area contributed by atoms with E-state index in [1.165, 1.54) is 17.3 Å². The molecule has 0 radical (unpaired) electrons. The average molecular weight is 313 g/mol. The largest absolute Gasteiger partial charge is 0.439 e. The van der Waals surface area contributed by atoms with Gasteiger partial charge in [-0.05, 0) is 55.4 Å². The fourth-order valence-electron chi connectivity index (χ4n) is 1.47. The van der Waals surface area contributed by atoms with Crippen molar-refractivity contribution in [2.24, 2.45) is 5.73 Å². The molecule has 0 saturated heterocycles. The van der Waals surface area contributed by atoms with Gasteiger partial charge in [0.2, 0.25) is 0 Å². The van der Waals surface area contributed by atoms with Crippen LogP contribution < -0.4 is 5.73 Å². The fraction of sp³-hybridized carbons (Fsp3) is 0.250. The number of oxazole rings is 1. The summed E-state index contributed by atoms with van der Waals surface area (Å²) in [6.45, 7) is 2.55. The van der Waals surface area contributed by atoms with E-state index < -0.39 is 0 Å². The Morgan fingerprint density at radius 1 is 1.47 bits per heavy atom. The molecular weight excluding hydrogens is 300 g/mol. The van der Waals surface area contributed by atoms with Gasteiger partial charge in [-0.2, -0.15) is 0 Å². The second-order valence-corrected chi connectivity index (χ2v) is 5.56. The summed E-state index contributed by atoms with van der Waals surface area (Å²) in [5.41, 5.74) is 7.72. The van der Waals surface area contributed by atoms with Crippen LogP contribution in [0.2, 0.25) is 0 Å². The number of hydrogen-bond donors (Lipinski definition) is 1. The zero-order valence-electron chi connectivity index (χ0n) is 9.44. The topological polar surface area (TPSA) is 52.0 Å². The summed E-state index contributed by atoms with van der Waals surface area (Å²) in [4.78, 5) is 5.42. The maximum absolute atomic E-state index is 5.61. The third-order valence-electron chi connectivity index (χ3n) is 2.23. The van der Waals surface area contributed by atoms with Gasteiger partial charge in [0, 0.05) is 9.37 Å². The molecule has 0 aliphatic rings. The first-order chi connectivity index (χ1) is 8.19. The van der Waals surface area contributed by atoms with Gasteiger partial charge in [-0.15, -0.1) is 0 Å². The number of hydrogen-bond acceptors (Lipinski definition) is 4. The van der Waals surface area contributed by atoms with Gasteiger partial charge >= 0.3 is 0 Å². The molecule has 0 bridgehead atoms. The molecule has 0 aliphatic carbocycles. The van der Waals surface area contributed by atoms with E-state index in [9.17, 15) is 0 Å². The van der Waals surface area contributed by atoms with Crippen LogP contribution in [-0.4, -0.2) is 11.5 Å². The van der Waals surface area contributed by atoms with Crippen LogP contribution in [0.5, 0.6) is 0 Å². The Kier molecular flexibility index (Phi) is 4.25. The van der Waals surface area contributed by atoms with Gasteiger partial charge < -0.3 is 10.2 Å². The van der Waals surface area contributed by atoms with Crippen molar-refractivity contribution in [2.75, 3.05) is 6.54 Å². The zero-order chi connectivity index (χ0) is 12.3. The van der Waals surface area contributed by atoms with Crippen LogP contribution in [0.4, 0.5) is 0 Å². The third-order valence-corrected chi connectivity index (χ3v) is 3.70. The Hall–Kier alpha value is -0.780. The van der Waals surface area contributed by atoms with Crippen LogP contribution in [0.25, 0.3) is 0 Å². The molecule has 17 heavy (non-hydrogen) atoms. The molecule has 0 fully saturated rings. The van der Waals surface area contributed by atoms with E-state index in [2.05, 4.69) is 33.0 Å². The quantitative estimate of drug-likeness (QED) is 0.940. The lowest BCUT2D eigenvalue weighted by molar-refractivity contribution is 0.454. The third kappa shape index (κ3) is 3.34. The predicted octanol–water partition coefficient (Wildman–Crippen LogP) is 3.40. The predicted molar refractivity (Wildman–Crippen MR) is 72.3 cm³/mol. The van der Waals surface area contributed by atoms with Crippen LogP contribution in [0, 0.1) is 6.92 Å². The summed E-state index contributed by atoms with van der Waals surface area (Å²) in [6.07, 6.45) is 2.51. The molecule has 0 saturated carbocycles. The minimum atomic E-state index is 0.634. The highest BCUT2D eigenvalue weighted by molar-refractivity contribution is 9.10. The molecule has 2 aromatic rings. The smallest absolute Gasteiger partial charge is 0.260 e. The van der Waals surface area contributed by atoms with E-state index in [0.717, 1.165) is 21.5 Å². The minimum absolute atomic E-state index is 0.634. The van der Waals surface area contributed by atoms with Crippen LogP contribution in [0.15, 0.2) is 43.5 Å². The Morgan fingerprint density at radius 3 is 2.94 bits per heavy atom. The van der Waals surface area contributed by atoms with Crippen molar-refractivity contribution in [3.63, 3.8) is 0 Å². The molecule has 1 heterocycles. The van der Waals surface area contributed by atoms with Gasteiger partial charge in [0.05, 0.1) is 5.69 Å². The summed E-state index contributed by atoms with van der Waals surface area (Å²) in [7, 11) is 0. The van der Waals surface area contributed by atoms with Crippen molar-refractivity contribution in [1.29, 1.82) is 0 Å². The molecule has 0 unspecified atom stereocenters. The second kappa shape index (κ2) is 5.71. The molecule has 3 nitrogen and oxygen atoms in total. The second-order valence-electron chi connectivity index (χ2n) is 3.65. The van der Waals surface area contributed by atoms with Gasteiger partial charge in [-0.3, -0.25) is 0 Å². The summed E-state index contributed by atoms with van der Waals surface area (Å²) >= 11 is 5.00. The number of rotatable bonds is 4. The van der Waals surface area contributed by atoms with E-state index in [1.54, 1.807) is 6.26 Å². The number of halogens is 1. The number of nitrogens with two attached hydrogens (primary N) is 1. The summed E-state index contributed by atoms with van der Waals surface area (Å²) in [6, 6.07) is 6.16. The van der Waals surface area contributed by atoms with E-state index >= 15 is 0 Å². The lowest BCUT2D eigenvalue weighted by Crippen LogP contribution is -2.03. The minimum Gasteiger partial charge on any atom is -0.439 e. The van der Waals surface area contributed by atoms with Crippen molar-refractivity contribution in [3.8, 4) is 0 Å². The molecule has 1 aromatic carbocycles. The Labute approximate surface area is 113 Å². The van der Waals surface area contributed by atoms with Crippen LogP contribution in [0.1, 0.15) is 11.3 Å². The van der Waals surface area contributed by atoms with Crippen LogP contribution >= 0.6 is 27.7 Å². The molecule has 0 amide bonds. The van der Waals surface area contributed by atoms with Crippen LogP contribution in [-0.2, 0) is 6.42 Å². The van der Waals surface area contributed by atoms with Crippen molar-refractivity contribution < 1.29 is 4.42 Å². The average Bonchev–Trinajstić information content (AvgIpc) is 2.69. The van der Waals surface area contributed by atoms with Crippen molar-refractivity contribution in [2.45, 2.75) is 23.5 Å². The lowest BCUT2D eigenvalue weighted by Gasteiger charge is -2.06. The Bertz CT molecular complexity index is 513. The van der Waals surface area contributed by atoms with Gasteiger partial charge in [-0.1, -0.05) is 15.9 Å². The number of benzene rings is 1. The molecular formula is C12H13BrN2OS. The number of aromatic nitrogens is 1. The Morgan fingerprint density at radius 2 is 2.29 bits per heavy atom. The molecule has 90 valence electrons. The maximum atomic E-state index is 5.61. The first-order valence-corrected chi connectivity index (χ1v) is 6.88. The fourth-order valence-corrected chi connectivity index (χ4v) is 2.78. The standard InChI is InChI=1S/C12H13BrN2OS/c1-8-7-16-12(15-8)17-11-3-2-10(13)6-9(11)4-5-14/h2-3,6-7H,4-5,14H2,1H3. The monoisotopic (exact) mass is 312 g/mol. The van der Waals surface area contributed by atoms with E-state index in [4.69, 9.17) is 10.2 Å². The Balaban J connectivity index is 2.25. The van der Waals surface area contributed by atoms with Gasteiger partial charge in [-0.25, -0.2) is 4.98 Å². The summed E-state index contributed by atoms with van der Waals surface area (Å²) in [5.74, 6) is 0. The van der Waals surface area contributed by atoms with Gasteiger partial charge in [0.25, 0.3) is 5.22 Å². The SMILES string of the molecule is Cc1coc(Sc2ccc(Br)cc2CCN)n1. The highest BCUT2D eigenvalue weighted by Crippen LogP contribution is 2.31. The maximum Gasteiger partial charge on any atom is 0.260 e. The molecule has 0 spiro atoms. The van der Waals surface area contributed by atoms with Crippen molar-refractivity contribution >= 4 is 27.7 Å². The molecule has 1 aromatic heterocycles. The molecule has 0 aliphatic heterocycles. The van der Waals surface area contributed by atoms with Gasteiger partial charge in [0.15, 0.2) is 0 Å². The normalized spacial score (nSPS) is 10.8. The highest BCUT2D eigenvalue weighted by atomic mass is 79.9. The van der Waals surface area contributed by atoms with E-state index in [-0.39, 0.29) is 0 Å². The first kappa shape index (κ1) is 12.7. The summed E-state index contributed by atoms with van der Waals surface area (Å²) in [5, 5.41) is 0.670. The van der Waals surface area contributed by atoms with Crippen molar-refractivity contribution in [1.82, 2.24) is 4.98 Å². The number of aryl methyl sites for hydroxylation is 1. The molecule has 2 rings (SSSR count). The van der Waals surface area contributed by atoms with E-state index in [0.29, 0.717) is 11.8 Å². The zero-order valence-corrected chi connectivity index (χ0v) is 11.8. The number of nitrogens with zero attached hydrogens (tertiary/aromatic N) is 1. The lowest BCUT2D eigenvalue weighted by atomic mass is 10.1. The van der Waals surface area contributed by atoms with Gasteiger partial charge in [0.1, 0.15) is 6.26 Å². The molecule has 5 heteroatoms. The van der Waals surface area contributed by atoms with E-state index in [1.807, 2.05) is 13.0 Å². The van der Waals surface area contributed by atoms with Crippen LogP contribution in [0.3, 0.4) is 0 Å².